The molecule has 8 nitrogen and oxygen atoms in total. The monoisotopic (exact) mass is 293 g/mol. The minimum atomic E-state index is 0.349. The first-order valence-electron chi connectivity index (χ1n) is 6.68. The zero-order valence-corrected chi connectivity index (χ0v) is 11.4. The van der Waals surface area contributed by atoms with E-state index in [2.05, 4.69) is 30.8 Å². The van der Waals surface area contributed by atoms with Gasteiger partial charge < -0.3 is 9.73 Å². The standard InChI is InChI=1S/C14H11N7O/c1-2-5-10(6-3-1)12-16-18-14-19-17-13(20-21(12)14)15-9-11-7-4-8-22-11/h1-8H,9H2,(H,15,20). The van der Waals surface area contributed by atoms with E-state index in [0.29, 0.717) is 24.1 Å². The number of hydrogen-bond donors (Lipinski definition) is 1. The molecule has 4 aromatic rings. The first-order chi connectivity index (χ1) is 10.9. The average Bonchev–Trinajstić information content (AvgIpc) is 3.23. The normalized spacial score (nSPS) is 10.9. The number of benzene rings is 1. The van der Waals surface area contributed by atoms with E-state index in [-0.39, 0.29) is 0 Å². The molecule has 3 heterocycles. The van der Waals surface area contributed by atoms with Crippen LogP contribution in [0.3, 0.4) is 0 Å². The van der Waals surface area contributed by atoms with Crippen LogP contribution in [-0.2, 0) is 6.54 Å². The summed E-state index contributed by atoms with van der Waals surface area (Å²) in [7, 11) is 0. The fraction of sp³-hybridized carbons (Fsp3) is 0.0714. The van der Waals surface area contributed by atoms with Crippen LogP contribution in [0.2, 0.25) is 0 Å². The van der Waals surface area contributed by atoms with Crippen LogP contribution in [0.5, 0.6) is 0 Å². The van der Waals surface area contributed by atoms with Crippen LogP contribution in [0.15, 0.2) is 53.1 Å². The van der Waals surface area contributed by atoms with Crippen LogP contribution in [-0.4, -0.2) is 30.0 Å². The molecule has 1 N–H and O–H groups in total. The highest BCUT2D eigenvalue weighted by Gasteiger charge is 2.11. The van der Waals surface area contributed by atoms with E-state index in [1.54, 1.807) is 10.8 Å². The maximum absolute atomic E-state index is 5.25. The Morgan fingerprint density at radius 1 is 0.955 bits per heavy atom. The third-order valence-electron chi connectivity index (χ3n) is 3.09. The van der Waals surface area contributed by atoms with Crippen molar-refractivity contribution in [3.63, 3.8) is 0 Å². The highest BCUT2D eigenvalue weighted by Crippen LogP contribution is 2.16. The van der Waals surface area contributed by atoms with Gasteiger partial charge in [-0.25, -0.2) is 0 Å². The number of furan rings is 1. The average molecular weight is 293 g/mol. The van der Waals surface area contributed by atoms with Gasteiger partial charge in [0.25, 0.3) is 11.7 Å². The first-order valence-corrected chi connectivity index (χ1v) is 6.68. The molecule has 4 rings (SSSR count). The molecule has 3 aromatic heterocycles. The molecule has 0 bridgehead atoms. The molecule has 8 heteroatoms. The van der Waals surface area contributed by atoms with Gasteiger partial charge in [-0.1, -0.05) is 30.3 Å². The van der Waals surface area contributed by atoms with Crippen molar-refractivity contribution in [2.45, 2.75) is 6.54 Å². The summed E-state index contributed by atoms with van der Waals surface area (Å²) in [6.45, 7) is 0.475. The van der Waals surface area contributed by atoms with Gasteiger partial charge in [0, 0.05) is 5.56 Å². The Labute approximate surface area is 124 Å². The lowest BCUT2D eigenvalue weighted by Crippen LogP contribution is -2.08. The summed E-state index contributed by atoms with van der Waals surface area (Å²) in [5.41, 5.74) is 0.910. The third-order valence-corrected chi connectivity index (χ3v) is 3.09. The molecule has 0 aliphatic heterocycles. The van der Waals surface area contributed by atoms with Crippen molar-refractivity contribution in [1.29, 1.82) is 0 Å². The molecular weight excluding hydrogens is 282 g/mol. The van der Waals surface area contributed by atoms with Crippen LogP contribution in [0.4, 0.5) is 5.95 Å². The summed E-state index contributed by atoms with van der Waals surface area (Å²) >= 11 is 0. The minimum Gasteiger partial charge on any atom is -0.467 e. The van der Waals surface area contributed by atoms with Gasteiger partial charge in [-0.2, -0.15) is 4.52 Å². The number of nitrogens with one attached hydrogen (secondary N) is 1. The number of aromatic nitrogens is 6. The van der Waals surface area contributed by atoms with E-state index in [1.807, 2.05) is 42.5 Å². The van der Waals surface area contributed by atoms with Gasteiger partial charge in [0.1, 0.15) is 5.76 Å². The Bertz CT molecular complexity index is 886. The lowest BCUT2D eigenvalue weighted by atomic mass is 10.2. The minimum absolute atomic E-state index is 0.349. The molecule has 0 unspecified atom stereocenters. The Morgan fingerprint density at radius 3 is 2.64 bits per heavy atom. The van der Waals surface area contributed by atoms with Gasteiger partial charge >= 0.3 is 0 Å². The lowest BCUT2D eigenvalue weighted by Gasteiger charge is -2.02. The second-order valence-electron chi connectivity index (χ2n) is 4.56. The van der Waals surface area contributed by atoms with E-state index in [0.717, 1.165) is 11.3 Å². The van der Waals surface area contributed by atoms with Crippen molar-refractivity contribution in [3.8, 4) is 11.4 Å². The molecule has 1 aromatic carbocycles. The van der Waals surface area contributed by atoms with Crippen LogP contribution < -0.4 is 5.32 Å². The number of nitrogens with zero attached hydrogens (tertiary/aromatic N) is 6. The number of hydrogen-bond acceptors (Lipinski definition) is 7. The zero-order valence-electron chi connectivity index (χ0n) is 11.4. The quantitative estimate of drug-likeness (QED) is 0.613. The molecule has 0 aliphatic carbocycles. The van der Waals surface area contributed by atoms with E-state index in [4.69, 9.17) is 4.42 Å². The largest absolute Gasteiger partial charge is 0.467 e. The Hall–Kier alpha value is -3.29. The van der Waals surface area contributed by atoms with Gasteiger partial charge in [0.15, 0.2) is 5.82 Å². The molecule has 108 valence electrons. The van der Waals surface area contributed by atoms with E-state index in [9.17, 15) is 0 Å². The summed E-state index contributed by atoms with van der Waals surface area (Å²) in [6, 6.07) is 13.4. The molecule has 0 fully saturated rings. The predicted octanol–water partition coefficient (Wildman–Crippen LogP) is 1.79. The highest BCUT2D eigenvalue weighted by molar-refractivity contribution is 5.57. The summed E-state index contributed by atoms with van der Waals surface area (Å²) in [5.74, 6) is 2.13. The van der Waals surface area contributed by atoms with Crippen molar-refractivity contribution < 1.29 is 4.42 Å². The van der Waals surface area contributed by atoms with Crippen LogP contribution >= 0.6 is 0 Å². The summed E-state index contributed by atoms with van der Waals surface area (Å²) in [4.78, 5) is 0. The van der Waals surface area contributed by atoms with Crippen LogP contribution in [0.25, 0.3) is 17.2 Å². The maximum Gasteiger partial charge on any atom is 0.291 e. The van der Waals surface area contributed by atoms with Crippen molar-refractivity contribution in [1.82, 2.24) is 30.0 Å². The van der Waals surface area contributed by atoms with E-state index >= 15 is 0 Å². The van der Waals surface area contributed by atoms with Gasteiger partial charge in [-0.3, -0.25) is 0 Å². The summed E-state index contributed by atoms with van der Waals surface area (Å²) in [5, 5.41) is 23.5. The van der Waals surface area contributed by atoms with Crippen molar-refractivity contribution >= 4 is 11.7 Å². The molecule has 22 heavy (non-hydrogen) atoms. The smallest absolute Gasteiger partial charge is 0.291 e. The van der Waals surface area contributed by atoms with Gasteiger partial charge in [0.2, 0.25) is 0 Å². The summed E-state index contributed by atoms with van der Waals surface area (Å²) in [6.07, 6.45) is 1.62. The van der Waals surface area contributed by atoms with E-state index < -0.39 is 0 Å². The van der Waals surface area contributed by atoms with Gasteiger partial charge in [-0.15, -0.1) is 25.5 Å². The van der Waals surface area contributed by atoms with E-state index in [1.165, 1.54) is 0 Å². The first kappa shape index (κ1) is 12.5. The fourth-order valence-electron chi connectivity index (χ4n) is 2.05. The Balaban J connectivity index is 1.67. The van der Waals surface area contributed by atoms with Gasteiger partial charge in [-0.05, 0) is 12.1 Å². The molecule has 0 amide bonds. The third kappa shape index (κ3) is 2.26. The molecule has 0 saturated carbocycles. The predicted molar refractivity (Wildman–Crippen MR) is 77.8 cm³/mol. The number of rotatable bonds is 4. The van der Waals surface area contributed by atoms with Gasteiger partial charge in [0.05, 0.1) is 12.8 Å². The molecule has 0 spiro atoms. The number of fused-ring (bicyclic) bond motifs is 1. The van der Waals surface area contributed by atoms with Crippen LogP contribution in [0.1, 0.15) is 5.76 Å². The molecule has 0 aliphatic rings. The van der Waals surface area contributed by atoms with Crippen molar-refractivity contribution in [2.24, 2.45) is 0 Å². The Morgan fingerprint density at radius 2 is 1.82 bits per heavy atom. The fourth-order valence-corrected chi connectivity index (χ4v) is 2.05. The maximum atomic E-state index is 5.25. The molecule has 0 atom stereocenters. The topological polar surface area (TPSA) is 94.0 Å². The van der Waals surface area contributed by atoms with Crippen LogP contribution in [0, 0.1) is 0 Å². The second-order valence-corrected chi connectivity index (χ2v) is 4.56. The molecule has 0 saturated heterocycles. The lowest BCUT2D eigenvalue weighted by molar-refractivity contribution is 0.517. The summed E-state index contributed by atoms with van der Waals surface area (Å²) < 4.78 is 6.81. The second kappa shape index (κ2) is 5.24. The molecular formula is C14H11N7O. The zero-order chi connectivity index (χ0) is 14.8. The molecule has 0 radical (unpaired) electrons. The highest BCUT2D eigenvalue weighted by atomic mass is 16.3. The van der Waals surface area contributed by atoms with Crippen molar-refractivity contribution in [2.75, 3.05) is 5.32 Å². The number of anilines is 1. The Kier molecular flexibility index (Phi) is 2.97. The SMILES string of the molecule is c1ccc(-c2nnc3nnc(NCc4ccco4)nn23)cc1. The van der Waals surface area contributed by atoms with Crippen molar-refractivity contribution in [3.05, 3.63) is 54.5 Å².